The van der Waals surface area contributed by atoms with Crippen molar-refractivity contribution in [3.05, 3.63) is 76.9 Å². The molecule has 24 heavy (non-hydrogen) atoms. The van der Waals surface area contributed by atoms with Gasteiger partial charge in [0.1, 0.15) is 11.5 Å². The van der Waals surface area contributed by atoms with Crippen LogP contribution in [0.2, 0.25) is 0 Å². The smallest absolute Gasteiger partial charge is 0.343 e. The molecule has 0 saturated heterocycles. The predicted octanol–water partition coefficient (Wildman–Crippen LogP) is 4.16. The highest BCUT2D eigenvalue weighted by atomic mass is 16.6. The highest BCUT2D eigenvalue weighted by molar-refractivity contribution is 5.91. The Bertz CT molecular complexity index is 707. The summed E-state index contributed by atoms with van der Waals surface area (Å²) in [4.78, 5) is 22.1. The fourth-order valence-corrected chi connectivity index (χ4v) is 1.91. The molecule has 0 atom stereocenters. The molecule has 0 radical (unpaired) electrons. The predicted molar refractivity (Wildman–Crippen MR) is 89.4 cm³/mol. The molecule has 0 bridgehead atoms. The second-order valence-corrected chi connectivity index (χ2v) is 4.94. The maximum absolute atomic E-state index is 12.0. The van der Waals surface area contributed by atoms with Crippen LogP contribution in [0.5, 0.6) is 11.5 Å². The van der Waals surface area contributed by atoms with Crippen molar-refractivity contribution in [2.45, 2.75) is 12.8 Å². The van der Waals surface area contributed by atoms with Crippen LogP contribution in [0.15, 0.2) is 61.2 Å². The van der Waals surface area contributed by atoms with Crippen LogP contribution < -0.4 is 9.47 Å². The number of carbonyl (C=O) groups is 1. The number of nitro groups is 1. The molecule has 0 fully saturated rings. The molecular weight excluding hydrogens is 310 g/mol. The number of nitro benzene ring substituents is 1. The number of non-ortho nitro benzene ring substituents is 1. The number of esters is 1. The summed E-state index contributed by atoms with van der Waals surface area (Å²) in [6, 6.07) is 11.9. The van der Waals surface area contributed by atoms with Crippen molar-refractivity contribution in [2.75, 3.05) is 6.61 Å². The van der Waals surface area contributed by atoms with E-state index in [1.54, 1.807) is 24.3 Å². The highest BCUT2D eigenvalue weighted by Gasteiger charge is 2.10. The third-order valence-corrected chi connectivity index (χ3v) is 3.17. The van der Waals surface area contributed by atoms with Crippen LogP contribution in [-0.4, -0.2) is 17.5 Å². The van der Waals surface area contributed by atoms with Gasteiger partial charge >= 0.3 is 5.97 Å². The summed E-state index contributed by atoms with van der Waals surface area (Å²) in [7, 11) is 0. The molecule has 0 aliphatic carbocycles. The minimum atomic E-state index is -0.540. The Morgan fingerprint density at radius 2 is 1.71 bits per heavy atom. The first-order chi connectivity index (χ1) is 11.6. The van der Waals surface area contributed by atoms with E-state index in [0.29, 0.717) is 17.9 Å². The number of unbranched alkanes of at least 4 members (excludes halogenated alkanes) is 1. The summed E-state index contributed by atoms with van der Waals surface area (Å²) in [5.74, 6) is 0.378. The lowest BCUT2D eigenvalue weighted by Crippen LogP contribution is -2.08. The Labute approximate surface area is 139 Å². The van der Waals surface area contributed by atoms with Gasteiger partial charge in [-0.1, -0.05) is 6.08 Å². The Morgan fingerprint density at radius 1 is 1.08 bits per heavy atom. The SMILES string of the molecule is C=CCCCOc1ccc(C(=O)Oc2ccc([N+](=O)[O-])cc2)cc1. The number of nitrogens with zero attached hydrogens (tertiary/aromatic N) is 1. The molecule has 0 spiro atoms. The third kappa shape index (κ3) is 4.95. The van der Waals surface area contributed by atoms with E-state index >= 15 is 0 Å². The number of allylic oxidation sites excluding steroid dienone is 1. The normalized spacial score (nSPS) is 10.0. The number of carbonyl (C=O) groups excluding carboxylic acids is 1. The zero-order valence-corrected chi connectivity index (χ0v) is 13.0. The average molecular weight is 327 g/mol. The summed E-state index contributed by atoms with van der Waals surface area (Å²) in [5.41, 5.74) is 0.305. The Hall–Kier alpha value is -3.15. The first-order valence-electron chi connectivity index (χ1n) is 7.40. The number of rotatable bonds is 8. The molecule has 2 aromatic carbocycles. The minimum Gasteiger partial charge on any atom is -0.494 e. The quantitative estimate of drug-likeness (QED) is 0.182. The number of benzene rings is 2. The van der Waals surface area contributed by atoms with E-state index in [9.17, 15) is 14.9 Å². The molecule has 0 N–H and O–H groups in total. The second kappa shape index (κ2) is 8.47. The largest absolute Gasteiger partial charge is 0.494 e. The van der Waals surface area contributed by atoms with E-state index in [-0.39, 0.29) is 11.4 Å². The maximum atomic E-state index is 12.0. The van der Waals surface area contributed by atoms with E-state index < -0.39 is 10.9 Å². The number of hydrogen-bond acceptors (Lipinski definition) is 5. The summed E-state index contributed by atoms with van der Waals surface area (Å²) >= 11 is 0. The average Bonchev–Trinajstić information content (AvgIpc) is 2.59. The van der Waals surface area contributed by atoms with Gasteiger partial charge in [-0.05, 0) is 49.2 Å². The first-order valence-corrected chi connectivity index (χ1v) is 7.40. The van der Waals surface area contributed by atoms with E-state index in [0.717, 1.165) is 12.8 Å². The van der Waals surface area contributed by atoms with Crippen molar-refractivity contribution in [3.63, 3.8) is 0 Å². The van der Waals surface area contributed by atoms with E-state index in [4.69, 9.17) is 9.47 Å². The van der Waals surface area contributed by atoms with Gasteiger partial charge in [-0.2, -0.15) is 0 Å². The first kappa shape index (κ1) is 17.2. The van der Waals surface area contributed by atoms with E-state index in [2.05, 4.69) is 6.58 Å². The fourth-order valence-electron chi connectivity index (χ4n) is 1.91. The molecule has 0 aromatic heterocycles. The maximum Gasteiger partial charge on any atom is 0.343 e. The lowest BCUT2D eigenvalue weighted by atomic mass is 10.2. The molecule has 2 aromatic rings. The van der Waals surface area contributed by atoms with Crippen molar-refractivity contribution in [2.24, 2.45) is 0 Å². The van der Waals surface area contributed by atoms with E-state index in [1.807, 2.05) is 6.08 Å². The molecule has 0 saturated carbocycles. The van der Waals surface area contributed by atoms with Crippen LogP contribution in [0.25, 0.3) is 0 Å². The van der Waals surface area contributed by atoms with Gasteiger partial charge in [-0.25, -0.2) is 4.79 Å². The van der Waals surface area contributed by atoms with Crippen LogP contribution >= 0.6 is 0 Å². The zero-order chi connectivity index (χ0) is 17.4. The Balaban J connectivity index is 1.92. The molecule has 6 nitrogen and oxygen atoms in total. The minimum absolute atomic E-state index is 0.0623. The Morgan fingerprint density at radius 3 is 2.29 bits per heavy atom. The summed E-state index contributed by atoms with van der Waals surface area (Å²) in [6.45, 7) is 4.23. The van der Waals surface area contributed by atoms with Crippen LogP contribution in [-0.2, 0) is 0 Å². The molecule has 0 amide bonds. The van der Waals surface area contributed by atoms with Gasteiger partial charge in [-0.15, -0.1) is 6.58 Å². The van der Waals surface area contributed by atoms with Crippen LogP contribution in [0.4, 0.5) is 5.69 Å². The molecule has 0 unspecified atom stereocenters. The van der Waals surface area contributed by atoms with Gasteiger partial charge < -0.3 is 9.47 Å². The van der Waals surface area contributed by atoms with Crippen molar-refractivity contribution in [1.82, 2.24) is 0 Å². The molecule has 6 heteroatoms. The van der Waals surface area contributed by atoms with Crippen LogP contribution in [0, 0.1) is 10.1 Å². The monoisotopic (exact) mass is 327 g/mol. The fraction of sp³-hybridized carbons (Fsp3) is 0.167. The van der Waals surface area contributed by atoms with Gasteiger partial charge in [0.2, 0.25) is 0 Å². The van der Waals surface area contributed by atoms with Crippen molar-refractivity contribution < 1.29 is 19.2 Å². The zero-order valence-electron chi connectivity index (χ0n) is 13.0. The molecule has 0 heterocycles. The van der Waals surface area contributed by atoms with Crippen LogP contribution in [0.1, 0.15) is 23.2 Å². The van der Waals surface area contributed by atoms with Gasteiger partial charge in [0.05, 0.1) is 17.1 Å². The van der Waals surface area contributed by atoms with E-state index in [1.165, 1.54) is 24.3 Å². The van der Waals surface area contributed by atoms with Crippen molar-refractivity contribution >= 4 is 11.7 Å². The summed E-state index contributed by atoms with van der Waals surface area (Å²) < 4.78 is 10.7. The topological polar surface area (TPSA) is 78.7 Å². The van der Waals surface area contributed by atoms with Crippen molar-refractivity contribution in [3.8, 4) is 11.5 Å². The van der Waals surface area contributed by atoms with Gasteiger partial charge in [0.25, 0.3) is 5.69 Å². The summed E-state index contributed by atoms with van der Waals surface area (Å²) in [5, 5.41) is 10.6. The number of hydrogen-bond donors (Lipinski definition) is 0. The lowest BCUT2D eigenvalue weighted by Gasteiger charge is -2.07. The molecular formula is C18H17NO5. The number of ether oxygens (including phenoxy) is 2. The molecule has 124 valence electrons. The van der Waals surface area contributed by atoms with Gasteiger partial charge in [0.15, 0.2) is 0 Å². The molecule has 0 aliphatic rings. The standard InChI is InChI=1S/C18H17NO5/c1-2-3-4-13-23-16-9-5-14(6-10-16)18(20)24-17-11-7-15(8-12-17)19(21)22/h2,5-12H,1,3-4,13H2. The van der Waals surface area contributed by atoms with Gasteiger partial charge in [-0.3, -0.25) is 10.1 Å². The Kier molecular flexibility index (Phi) is 6.08. The lowest BCUT2D eigenvalue weighted by molar-refractivity contribution is -0.384. The van der Waals surface area contributed by atoms with Gasteiger partial charge in [0, 0.05) is 12.1 Å². The van der Waals surface area contributed by atoms with Crippen LogP contribution in [0.3, 0.4) is 0 Å². The molecule has 0 aliphatic heterocycles. The molecule has 2 rings (SSSR count). The highest BCUT2D eigenvalue weighted by Crippen LogP contribution is 2.19. The third-order valence-electron chi connectivity index (χ3n) is 3.17. The van der Waals surface area contributed by atoms with Crippen molar-refractivity contribution in [1.29, 1.82) is 0 Å². The summed E-state index contributed by atoms with van der Waals surface area (Å²) in [6.07, 6.45) is 3.60. The second-order valence-electron chi connectivity index (χ2n) is 4.94.